The van der Waals surface area contributed by atoms with Gasteiger partial charge in [-0.15, -0.1) is 11.3 Å². The number of halogens is 2. The van der Waals surface area contributed by atoms with Crippen molar-refractivity contribution >= 4 is 43.8 Å². The highest BCUT2D eigenvalue weighted by Gasteiger charge is 2.13. The van der Waals surface area contributed by atoms with Crippen LogP contribution in [0.5, 0.6) is 11.5 Å². The van der Waals surface area contributed by atoms with E-state index in [1.54, 1.807) is 18.4 Å². The zero-order chi connectivity index (χ0) is 14.8. The zero-order valence-corrected chi connectivity index (χ0v) is 14.3. The van der Waals surface area contributed by atoms with Crippen LogP contribution in [-0.2, 0) is 11.9 Å². The fourth-order valence-corrected chi connectivity index (χ4v) is 3.31. The van der Waals surface area contributed by atoms with E-state index in [9.17, 15) is 0 Å². The fourth-order valence-electron chi connectivity index (χ4n) is 1.98. The van der Waals surface area contributed by atoms with Crippen molar-refractivity contribution in [2.45, 2.75) is 11.9 Å². The van der Waals surface area contributed by atoms with E-state index in [0.29, 0.717) is 28.5 Å². The molecule has 21 heavy (non-hydrogen) atoms. The predicted molar refractivity (Wildman–Crippen MR) is 88.0 cm³/mol. The minimum atomic E-state index is 0.345. The summed E-state index contributed by atoms with van der Waals surface area (Å²) < 4.78 is 13.1. The molecule has 0 atom stereocenters. The molecule has 0 fully saturated rings. The third-order valence-electron chi connectivity index (χ3n) is 2.95. The Morgan fingerprint density at radius 1 is 1.43 bits per heavy atom. The van der Waals surface area contributed by atoms with Gasteiger partial charge in [0.25, 0.3) is 0 Å². The van der Waals surface area contributed by atoms with Crippen LogP contribution in [-0.4, -0.2) is 16.5 Å². The molecule has 0 N–H and O–H groups in total. The number of ether oxygens (including phenoxy) is 2. The first-order valence-corrected chi connectivity index (χ1v) is 8.55. The van der Waals surface area contributed by atoms with Gasteiger partial charge in [-0.25, -0.2) is 4.98 Å². The van der Waals surface area contributed by atoms with Gasteiger partial charge in [0.15, 0.2) is 16.5 Å². The standard InChI is InChI=1S/C14H12BrClN2O2S/c1-19-12-5-9(6-15)4-11(16)13(12)20-8-10-7-18-2-3-21-14(18)17-10/h2-5,7H,6,8H2,1H3. The fraction of sp³-hybridized carbons (Fsp3) is 0.214. The molecule has 7 heteroatoms. The van der Waals surface area contributed by atoms with Crippen LogP contribution in [0.2, 0.25) is 5.02 Å². The number of fused-ring (bicyclic) bond motifs is 1. The highest BCUT2D eigenvalue weighted by molar-refractivity contribution is 9.08. The summed E-state index contributed by atoms with van der Waals surface area (Å²) in [7, 11) is 1.60. The van der Waals surface area contributed by atoms with E-state index < -0.39 is 0 Å². The molecule has 0 radical (unpaired) electrons. The number of benzene rings is 1. The molecule has 0 unspecified atom stereocenters. The van der Waals surface area contributed by atoms with E-state index in [2.05, 4.69) is 20.9 Å². The van der Waals surface area contributed by atoms with Gasteiger partial charge in [0, 0.05) is 23.1 Å². The Kier molecular flexibility index (Phi) is 4.37. The Labute approximate surface area is 139 Å². The molecule has 0 aliphatic carbocycles. The molecule has 1 aromatic carbocycles. The molecule has 110 valence electrons. The van der Waals surface area contributed by atoms with Crippen LogP contribution in [0.25, 0.3) is 4.96 Å². The Balaban J connectivity index is 1.82. The van der Waals surface area contributed by atoms with Crippen molar-refractivity contribution in [3.63, 3.8) is 0 Å². The highest BCUT2D eigenvalue weighted by atomic mass is 79.9. The van der Waals surface area contributed by atoms with Crippen LogP contribution in [0.3, 0.4) is 0 Å². The van der Waals surface area contributed by atoms with Crippen molar-refractivity contribution in [2.75, 3.05) is 7.11 Å². The van der Waals surface area contributed by atoms with Gasteiger partial charge in [0.1, 0.15) is 6.61 Å². The van der Waals surface area contributed by atoms with Crippen LogP contribution in [0.4, 0.5) is 0 Å². The number of hydrogen-bond acceptors (Lipinski definition) is 4. The van der Waals surface area contributed by atoms with Crippen molar-refractivity contribution in [3.8, 4) is 11.5 Å². The van der Waals surface area contributed by atoms with Gasteiger partial charge in [0.2, 0.25) is 0 Å². The number of imidazole rings is 1. The maximum absolute atomic E-state index is 6.27. The highest BCUT2D eigenvalue weighted by Crippen LogP contribution is 2.37. The van der Waals surface area contributed by atoms with Crippen molar-refractivity contribution in [3.05, 3.63) is 46.2 Å². The normalized spacial score (nSPS) is 11.0. The van der Waals surface area contributed by atoms with E-state index in [4.69, 9.17) is 21.1 Å². The number of nitrogens with zero attached hydrogens (tertiary/aromatic N) is 2. The summed E-state index contributed by atoms with van der Waals surface area (Å²) in [5.74, 6) is 1.16. The Bertz CT molecular complexity index is 743. The van der Waals surface area contributed by atoms with Crippen molar-refractivity contribution in [2.24, 2.45) is 0 Å². The molecule has 3 aromatic rings. The molecule has 0 saturated heterocycles. The van der Waals surface area contributed by atoms with Crippen LogP contribution < -0.4 is 9.47 Å². The Morgan fingerprint density at radius 3 is 3.00 bits per heavy atom. The molecule has 0 bridgehead atoms. The maximum atomic E-state index is 6.27. The average Bonchev–Trinajstić information content (AvgIpc) is 3.06. The first-order valence-electron chi connectivity index (χ1n) is 6.17. The summed E-state index contributed by atoms with van der Waals surface area (Å²) in [6.45, 7) is 0.345. The van der Waals surface area contributed by atoms with E-state index in [1.165, 1.54) is 0 Å². The molecule has 0 aliphatic heterocycles. The third kappa shape index (κ3) is 3.02. The molecule has 0 amide bonds. The van der Waals surface area contributed by atoms with E-state index >= 15 is 0 Å². The molecule has 2 aromatic heterocycles. The van der Waals surface area contributed by atoms with Crippen LogP contribution in [0.1, 0.15) is 11.3 Å². The summed E-state index contributed by atoms with van der Waals surface area (Å²) in [6.07, 6.45) is 3.91. The summed E-state index contributed by atoms with van der Waals surface area (Å²) in [5.41, 5.74) is 1.89. The number of aromatic nitrogens is 2. The topological polar surface area (TPSA) is 35.8 Å². The molecule has 3 rings (SSSR count). The van der Waals surface area contributed by atoms with Crippen LogP contribution in [0, 0.1) is 0 Å². The summed E-state index contributed by atoms with van der Waals surface area (Å²) >= 11 is 11.3. The zero-order valence-electron chi connectivity index (χ0n) is 11.2. The van der Waals surface area contributed by atoms with Gasteiger partial charge < -0.3 is 9.47 Å². The number of rotatable bonds is 5. The van der Waals surface area contributed by atoms with E-state index in [0.717, 1.165) is 16.2 Å². The summed E-state index contributed by atoms with van der Waals surface area (Å²) in [5, 5.41) is 3.23. The first kappa shape index (κ1) is 14.7. The molecule has 0 spiro atoms. The Morgan fingerprint density at radius 2 is 2.29 bits per heavy atom. The minimum absolute atomic E-state index is 0.345. The predicted octanol–water partition coefficient (Wildman–Crippen LogP) is 4.53. The number of alkyl halides is 1. The average molecular weight is 388 g/mol. The lowest BCUT2D eigenvalue weighted by molar-refractivity contribution is 0.281. The van der Waals surface area contributed by atoms with Gasteiger partial charge in [0.05, 0.1) is 17.8 Å². The molecule has 4 nitrogen and oxygen atoms in total. The minimum Gasteiger partial charge on any atom is -0.493 e. The number of thiazole rings is 1. The monoisotopic (exact) mass is 386 g/mol. The molecule has 2 heterocycles. The maximum Gasteiger partial charge on any atom is 0.193 e. The lowest BCUT2D eigenvalue weighted by Gasteiger charge is -2.12. The van der Waals surface area contributed by atoms with Gasteiger partial charge in [-0.3, -0.25) is 4.40 Å². The van der Waals surface area contributed by atoms with E-state index in [1.807, 2.05) is 34.3 Å². The van der Waals surface area contributed by atoms with Gasteiger partial charge in [-0.2, -0.15) is 0 Å². The summed E-state index contributed by atoms with van der Waals surface area (Å²) in [6, 6.07) is 3.77. The van der Waals surface area contributed by atoms with Crippen LogP contribution >= 0.6 is 38.9 Å². The first-order chi connectivity index (χ1) is 10.2. The quantitative estimate of drug-likeness (QED) is 0.603. The second kappa shape index (κ2) is 6.25. The van der Waals surface area contributed by atoms with Crippen molar-refractivity contribution in [1.29, 1.82) is 0 Å². The van der Waals surface area contributed by atoms with Gasteiger partial charge in [-0.1, -0.05) is 27.5 Å². The third-order valence-corrected chi connectivity index (χ3v) is 4.65. The molecular formula is C14H12BrClN2O2S. The lowest BCUT2D eigenvalue weighted by atomic mass is 10.2. The van der Waals surface area contributed by atoms with E-state index in [-0.39, 0.29) is 0 Å². The second-order valence-electron chi connectivity index (χ2n) is 4.36. The lowest BCUT2D eigenvalue weighted by Crippen LogP contribution is -1.99. The molecule has 0 aliphatic rings. The largest absolute Gasteiger partial charge is 0.493 e. The van der Waals surface area contributed by atoms with Crippen molar-refractivity contribution < 1.29 is 9.47 Å². The second-order valence-corrected chi connectivity index (χ2v) is 6.20. The van der Waals surface area contributed by atoms with Gasteiger partial charge >= 0.3 is 0 Å². The Hall–Kier alpha value is -1.24. The SMILES string of the molecule is COc1cc(CBr)cc(Cl)c1OCc1cn2ccsc2n1. The van der Waals surface area contributed by atoms with Crippen LogP contribution in [0.15, 0.2) is 29.9 Å². The number of hydrogen-bond donors (Lipinski definition) is 0. The van der Waals surface area contributed by atoms with Gasteiger partial charge in [-0.05, 0) is 17.7 Å². The van der Waals surface area contributed by atoms with Crippen molar-refractivity contribution in [1.82, 2.24) is 9.38 Å². The molecular weight excluding hydrogens is 376 g/mol. The number of methoxy groups -OCH3 is 1. The summed E-state index contributed by atoms with van der Waals surface area (Å²) in [4.78, 5) is 5.42. The smallest absolute Gasteiger partial charge is 0.193 e. The molecule has 0 saturated carbocycles.